The molecule has 1 aliphatic rings. The van der Waals surface area contributed by atoms with Crippen molar-refractivity contribution in [1.29, 1.82) is 0 Å². The minimum absolute atomic E-state index is 0.0880. The fourth-order valence-corrected chi connectivity index (χ4v) is 3.32. The summed E-state index contributed by atoms with van der Waals surface area (Å²) in [5, 5.41) is 10.8. The van der Waals surface area contributed by atoms with Crippen molar-refractivity contribution in [2.75, 3.05) is 18.8 Å². The maximum atomic E-state index is 12.0. The molecule has 0 spiro atoms. The molecule has 0 saturated carbocycles. The zero-order chi connectivity index (χ0) is 11.6. The first-order valence-corrected chi connectivity index (χ1v) is 6.97. The van der Waals surface area contributed by atoms with Gasteiger partial charge in [-0.3, -0.25) is 0 Å². The Labute approximate surface area is 95.2 Å². The molecule has 0 aliphatic carbocycles. The molecule has 1 unspecified atom stereocenters. The van der Waals surface area contributed by atoms with Gasteiger partial charge in [0, 0.05) is 0 Å². The van der Waals surface area contributed by atoms with E-state index in [2.05, 4.69) is 15.5 Å². The highest BCUT2D eigenvalue weighted by atomic mass is 32.2. The maximum absolute atomic E-state index is 12.0. The van der Waals surface area contributed by atoms with Gasteiger partial charge in [-0.25, -0.2) is 8.42 Å². The van der Waals surface area contributed by atoms with Crippen LogP contribution >= 0.6 is 0 Å². The largest absolute Gasteiger partial charge is 0.316 e. The minimum atomic E-state index is -3.27. The Hall–Kier alpha value is -1.01. The number of rotatable bonds is 3. The molecule has 1 atom stereocenters. The molecular weight excluding hydrogens is 226 g/mol. The van der Waals surface area contributed by atoms with E-state index in [9.17, 15) is 8.42 Å². The fraction of sp³-hybridized carbons (Fsp3) is 0.600. The molecule has 1 N–H and O–H groups in total. The highest BCUT2D eigenvalue weighted by Gasteiger charge is 2.24. The minimum Gasteiger partial charge on any atom is -0.316 e. The van der Waals surface area contributed by atoms with Crippen LogP contribution in [-0.2, 0) is 9.84 Å². The fourth-order valence-electron chi connectivity index (χ4n) is 1.80. The molecule has 0 amide bonds. The van der Waals surface area contributed by atoms with Crippen LogP contribution in [0.15, 0.2) is 17.2 Å². The first-order valence-electron chi connectivity index (χ1n) is 5.32. The van der Waals surface area contributed by atoms with E-state index >= 15 is 0 Å². The summed E-state index contributed by atoms with van der Waals surface area (Å²) in [5.41, 5.74) is 0.724. The molecule has 1 aromatic rings. The van der Waals surface area contributed by atoms with E-state index in [1.165, 1.54) is 6.07 Å². The highest BCUT2D eigenvalue weighted by molar-refractivity contribution is 7.91. The van der Waals surface area contributed by atoms with Gasteiger partial charge in [-0.15, -0.1) is 5.10 Å². The van der Waals surface area contributed by atoms with E-state index in [4.69, 9.17) is 0 Å². The summed E-state index contributed by atoms with van der Waals surface area (Å²) in [6, 6.07) is 3.20. The predicted molar refractivity (Wildman–Crippen MR) is 59.8 cm³/mol. The smallest absolute Gasteiger partial charge is 0.197 e. The molecule has 1 saturated heterocycles. The van der Waals surface area contributed by atoms with E-state index in [1.54, 1.807) is 13.0 Å². The van der Waals surface area contributed by atoms with Gasteiger partial charge in [-0.05, 0) is 44.5 Å². The number of hydrogen-bond acceptors (Lipinski definition) is 5. The Kier molecular flexibility index (Phi) is 3.20. The van der Waals surface area contributed by atoms with Gasteiger partial charge in [-0.2, -0.15) is 5.10 Å². The lowest BCUT2D eigenvalue weighted by atomic mass is 10.2. The molecule has 2 heterocycles. The van der Waals surface area contributed by atoms with Crippen LogP contribution in [0.25, 0.3) is 0 Å². The van der Waals surface area contributed by atoms with Crippen molar-refractivity contribution < 1.29 is 8.42 Å². The second-order valence-corrected chi connectivity index (χ2v) is 6.13. The summed E-state index contributed by atoms with van der Waals surface area (Å²) in [6.07, 6.45) is 0.915. The molecule has 88 valence electrons. The van der Waals surface area contributed by atoms with E-state index in [0.29, 0.717) is 0 Å². The second kappa shape index (κ2) is 4.47. The quantitative estimate of drug-likeness (QED) is 0.816. The Morgan fingerprint density at radius 1 is 1.44 bits per heavy atom. The molecule has 16 heavy (non-hydrogen) atoms. The van der Waals surface area contributed by atoms with Gasteiger partial charge in [-0.1, -0.05) is 0 Å². The molecule has 1 fully saturated rings. The summed E-state index contributed by atoms with van der Waals surface area (Å²) < 4.78 is 23.9. The number of hydrogen-bond donors (Lipinski definition) is 1. The zero-order valence-electron chi connectivity index (χ0n) is 9.18. The second-order valence-electron chi connectivity index (χ2n) is 4.15. The lowest BCUT2D eigenvalue weighted by Gasteiger charge is -2.08. The number of sulfone groups is 1. The first kappa shape index (κ1) is 11.5. The molecule has 1 aliphatic heterocycles. The molecule has 1 aromatic heterocycles. The van der Waals surface area contributed by atoms with Gasteiger partial charge in [0.15, 0.2) is 14.9 Å². The van der Waals surface area contributed by atoms with Crippen LogP contribution in [0, 0.1) is 12.8 Å². The van der Waals surface area contributed by atoms with E-state index < -0.39 is 9.84 Å². The van der Waals surface area contributed by atoms with Crippen molar-refractivity contribution in [1.82, 2.24) is 15.5 Å². The van der Waals surface area contributed by atoms with Crippen LogP contribution < -0.4 is 5.32 Å². The molecular formula is C10H15N3O2S. The lowest BCUT2D eigenvalue weighted by molar-refractivity contribution is 0.565. The third-order valence-corrected chi connectivity index (χ3v) is 4.47. The first-order chi connectivity index (χ1) is 7.58. The van der Waals surface area contributed by atoms with Gasteiger partial charge in [0.25, 0.3) is 0 Å². The van der Waals surface area contributed by atoms with Crippen LogP contribution in [0.3, 0.4) is 0 Å². The SMILES string of the molecule is Cc1ccc(S(=O)(=O)CC2CCNC2)nn1. The summed E-state index contributed by atoms with van der Waals surface area (Å²) >= 11 is 0. The maximum Gasteiger partial charge on any atom is 0.197 e. The van der Waals surface area contributed by atoms with Gasteiger partial charge >= 0.3 is 0 Å². The van der Waals surface area contributed by atoms with Crippen molar-refractivity contribution >= 4 is 9.84 Å². The predicted octanol–water partition coefficient (Wildman–Crippen LogP) is 0.168. The Morgan fingerprint density at radius 2 is 2.25 bits per heavy atom. The molecule has 0 bridgehead atoms. The number of aromatic nitrogens is 2. The van der Waals surface area contributed by atoms with Gasteiger partial charge in [0.05, 0.1) is 11.4 Å². The molecule has 0 aromatic carbocycles. The van der Waals surface area contributed by atoms with Crippen LogP contribution in [0.5, 0.6) is 0 Å². The topological polar surface area (TPSA) is 72.0 Å². The summed E-state index contributed by atoms with van der Waals surface area (Å²) in [7, 11) is -3.27. The summed E-state index contributed by atoms with van der Waals surface area (Å²) in [5.74, 6) is 0.366. The monoisotopic (exact) mass is 241 g/mol. The van der Waals surface area contributed by atoms with Gasteiger partial charge in [0.2, 0.25) is 0 Å². The number of nitrogens with one attached hydrogen (secondary N) is 1. The van der Waals surface area contributed by atoms with E-state index in [-0.39, 0.29) is 16.7 Å². The average molecular weight is 241 g/mol. The molecule has 2 rings (SSSR count). The molecule has 6 heteroatoms. The number of nitrogens with zero attached hydrogens (tertiary/aromatic N) is 2. The molecule has 0 radical (unpaired) electrons. The van der Waals surface area contributed by atoms with Crippen LogP contribution in [0.1, 0.15) is 12.1 Å². The van der Waals surface area contributed by atoms with Crippen molar-refractivity contribution in [3.05, 3.63) is 17.8 Å². The third-order valence-electron chi connectivity index (χ3n) is 2.71. The van der Waals surface area contributed by atoms with E-state index in [0.717, 1.165) is 25.2 Å². The summed E-state index contributed by atoms with van der Waals surface area (Å²) in [6.45, 7) is 3.46. The third kappa shape index (κ3) is 2.56. The highest BCUT2D eigenvalue weighted by Crippen LogP contribution is 2.15. The lowest BCUT2D eigenvalue weighted by Crippen LogP contribution is -2.19. The standard InChI is InChI=1S/C10H15N3O2S/c1-8-2-3-10(13-12-8)16(14,15)7-9-4-5-11-6-9/h2-3,9,11H,4-7H2,1H3. The van der Waals surface area contributed by atoms with Gasteiger partial charge in [0.1, 0.15) is 0 Å². The Morgan fingerprint density at radius 3 is 2.81 bits per heavy atom. The van der Waals surface area contributed by atoms with E-state index in [1.807, 2.05) is 0 Å². The van der Waals surface area contributed by atoms with Crippen molar-refractivity contribution in [2.24, 2.45) is 5.92 Å². The number of aryl methyl sites for hydroxylation is 1. The Bertz CT molecular complexity index is 449. The van der Waals surface area contributed by atoms with Crippen LogP contribution in [0.4, 0.5) is 0 Å². The van der Waals surface area contributed by atoms with Gasteiger partial charge < -0.3 is 5.32 Å². The van der Waals surface area contributed by atoms with Crippen LogP contribution in [-0.4, -0.2) is 37.5 Å². The average Bonchev–Trinajstić information content (AvgIpc) is 2.70. The van der Waals surface area contributed by atoms with Crippen molar-refractivity contribution in [3.8, 4) is 0 Å². The van der Waals surface area contributed by atoms with Crippen LogP contribution in [0.2, 0.25) is 0 Å². The molecule has 5 nitrogen and oxygen atoms in total. The zero-order valence-corrected chi connectivity index (χ0v) is 10.00. The van der Waals surface area contributed by atoms with Crippen molar-refractivity contribution in [3.63, 3.8) is 0 Å². The normalized spacial score (nSPS) is 21.2. The Balaban J connectivity index is 2.14. The summed E-state index contributed by atoms with van der Waals surface area (Å²) in [4.78, 5) is 0. The van der Waals surface area contributed by atoms with Crippen molar-refractivity contribution in [2.45, 2.75) is 18.4 Å².